The molecule has 0 saturated heterocycles. The topological polar surface area (TPSA) is 49.5 Å². The van der Waals surface area contributed by atoms with Gasteiger partial charge in [0.2, 0.25) is 0 Å². The van der Waals surface area contributed by atoms with Crippen molar-refractivity contribution in [1.29, 1.82) is 0 Å². The van der Waals surface area contributed by atoms with Crippen molar-refractivity contribution in [2.45, 2.75) is 39.7 Å². The third kappa shape index (κ3) is 3.13. The number of nitrogen functional groups attached to an aromatic ring is 1. The van der Waals surface area contributed by atoms with Gasteiger partial charge in [0.05, 0.1) is 18.0 Å². The third-order valence-electron chi connectivity index (χ3n) is 3.34. The van der Waals surface area contributed by atoms with Crippen molar-refractivity contribution in [1.82, 2.24) is 0 Å². The summed E-state index contributed by atoms with van der Waals surface area (Å²) in [6.07, 6.45) is 1.93. The number of nitrogens with two attached hydrogens (primary N) is 1. The van der Waals surface area contributed by atoms with Crippen molar-refractivity contribution in [3.8, 4) is 0 Å². The maximum atomic E-state index is 13.4. The molecule has 0 fully saturated rings. The van der Waals surface area contributed by atoms with Gasteiger partial charge < -0.3 is 15.7 Å². The second-order valence-electron chi connectivity index (χ2n) is 4.55. The van der Waals surface area contributed by atoms with Gasteiger partial charge in [-0.3, -0.25) is 0 Å². The van der Waals surface area contributed by atoms with Crippen LogP contribution in [-0.4, -0.2) is 24.3 Å². The van der Waals surface area contributed by atoms with E-state index in [4.69, 9.17) is 5.73 Å². The largest absolute Gasteiger partial charge is 0.397 e. The summed E-state index contributed by atoms with van der Waals surface area (Å²) in [5.41, 5.74) is 7.73. The second-order valence-corrected chi connectivity index (χ2v) is 4.55. The van der Waals surface area contributed by atoms with Gasteiger partial charge in [0.15, 0.2) is 0 Å². The minimum Gasteiger partial charge on any atom is -0.397 e. The van der Waals surface area contributed by atoms with Crippen LogP contribution in [0.25, 0.3) is 0 Å². The van der Waals surface area contributed by atoms with Crippen molar-refractivity contribution >= 4 is 11.4 Å². The average molecular weight is 254 g/mol. The fourth-order valence-electron chi connectivity index (χ4n) is 2.27. The Hall–Kier alpha value is -1.29. The predicted molar refractivity (Wildman–Crippen MR) is 74.4 cm³/mol. The quantitative estimate of drug-likeness (QED) is 0.767. The van der Waals surface area contributed by atoms with Crippen molar-refractivity contribution in [2.75, 3.05) is 23.8 Å². The Labute approximate surface area is 108 Å². The zero-order valence-electron chi connectivity index (χ0n) is 11.4. The van der Waals surface area contributed by atoms with Crippen molar-refractivity contribution in [3.05, 3.63) is 23.5 Å². The van der Waals surface area contributed by atoms with Gasteiger partial charge in [-0.15, -0.1) is 0 Å². The number of aliphatic hydroxyl groups is 1. The Bertz CT molecular complexity index is 392. The highest BCUT2D eigenvalue weighted by molar-refractivity contribution is 5.69. The number of aryl methyl sites for hydroxylation is 1. The summed E-state index contributed by atoms with van der Waals surface area (Å²) in [6.45, 7) is 6.51. The number of hydrogen-bond acceptors (Lipinski definition) is 3. The minimum absolute atomic E-state index is 0.0619. The lowest BCUT2D eigenvalue weighted by Crippen LogP contribution is -2.37. The van der Waals surface area contributed by atoms with Gasteiger partial charge in [0.1, 0.15) is 5.82 Å². The zero-order valence-corrected chi connectivity index (χ0v) is 11.4. The van der Waals surface area contributed by atoms with Crippen LogP contribution in [-0.2, 0) is 0 Å². The van der Waals surface area contributed by atoms with E-state index >= 15 is 0 Å². The number of anilines is 2. The summed E-state index contributed by atoms with van der Waals surface area (Å²) in [4.78, 5) is 2.07. The molecule has 0 heterocycles. The smallest absolute Gasteiger partial charge is 0.128 e. The number of aliphatic hydroxyl groups excluding tert-OH is 1. The van der Waals surface area contributed by atoms with Crippen LogP contribution >= 0.6 is 0 Å². The molecule has 0 bridgehead atoms. The molecule has 3 nitrogen and oxygen atoms in total. The lowest BCUT2D eigenvalue weighted by atomic mass is 10.1. The molecule has 0 saturated carbocycles. The molecule has 4 heteroatoms. The van der Waals surface area contributed by atoms with Gasteiger partial charge in [0, 0.05) is 12.6 Å². The molecular weight excluding hydrogens is 231 g/mol. The SMILES string of the molecule is CCC(CC)N(CCO)c1cc(C)c(F)cc1N. The summed E-state index contributed by atoms with van der Waals surface area (Å²) in [5, 5.41) is 9.20. The molecular formula is C14H23FN2O. The van der Waals surface area contributed by atoms with E-state index in [2.05, 4.69) is 18.7 Å². The highest BCUT2D eigenvalue weighted by Crippen LogP contribution is 2.29. The van der Waals surface area contributed by atoms with Gasteiger partial charge in [0.25, 0.3) is 0 Å². The first kappa shape index (κ1) is 14.8. The fraction of sp³-hybridized carbons (Fsp3) is 0.571. The summed E-state index contributed by atoms with van der Waals surface area (Å²) < 4.78 is 13.4. The maximum absolute atomic E-state index is 13.4. The van der Waals surface area contributed by atoms with Crippen molar-refractivity contribution < 1.29 is 9.50 Å². The summed E-state index contributed by atoms with van der Waals surface area (Å²) in [6, 6.07) is 3.43. The van der Waals surface area contributed by atoms with Crippen LogP contribution in [0.15, 0.2) is 12.1 Å². The Kier molecular flexibility index (Phi) is 5.41. The first-order valence-electron chi connectivity index (χ1n) is 6.48. The van der Waals surface area contributed by atoms with Crippen LogP contribution in [0.3, 0.4) is 0 Å². The van der Waals surface area contributed by atoms with E-state index in [9.17, 15) is 9.50 Å². The molecule has 0 aliphatic rings. The lowest BCUT2D eigenvalue weighted by Gasteiger charge is -2.33. The first-order valence-corrected chi connectivity index (χ1v) is 6.48. The molecule has 18 heavy (non-hydrogen) atoms. The van der Waals surface area contributed by atoms with Gasteiger partial charge in [-0.2, -0.15) is 0 Å². The summed E-state index contributed by atoms with van der Waals surface area (Å²) >= 11 is 0. The van der Waals surface area contributed by atoms with Gasteiger partial charge in [-0.1, -0.05) is 13.8 Å². The molecule has 1 aromatic rings. The normalized spacial score (nSPS) is 11.0. The van der Waals surface area contributed by atoms with E-state index in [-0.39, 0.29) is 12.4 Å². The monoisotopic (exact) mass is 254 g/mol. The minimum atomic E-state index is -0.287. The lowest BCUT2D eigenvalue weighted by molar-refractivity contribution is 0.296. The van der Waals surface area contributed by atoms with Gasteiger partial charge >= 0.3 is 0 Å². The van der Waals surface area contributed by atoms with Crippen molar-refractivity contribution in [3.63, 3.8) is 0 Å². The van der Waals surface area contributed by atoms with Crippen LogP contribution in [0.2, 0.25) is 0 Å². The van der Waals surface area contributed by atoms with E-state index in [1.165, 1.54) is 6.07 Å². The Morgan fingerprint density at radius 1 is 1.33 bits per heavy atom. The average Bonchev–Trinajstić information content (AvgIpc) is 2.34. The van der Waals surface area contributed by atoms with E-state index in [0.717, 1.165) is 18.5 Å². The maximum Gasteiger partial charge on any atom is 0.128 e. The fourth-order valence-corrected chi connectivity index (χ4v) is 2.27. The second kappa shape index (κ2) is 6.59. The molecule has 0 spiro atoms. The standard InChI is InChI=1S/C14H23FN2O/c1-4-11(5-2)17(6-7-18)14-8-10(3)12(15)9-13(14)16/h8-9,11,18H,4-7,16H2,1-3H3. The molecule has 0 amide bonds. The molecule has 102 valence electrons. The van der Waals surface area contributed by atoms with Crippen LogP contribution in [0.5, 0.6) is 0 Å². The van der Waals surface area contributed by atoms with Crippen LogP contribution in [0, 0.1) is 12.7 Å². The number of nitrogens with zero attached hydrogens (tertiary/aromatic N) is 1. The third-order valence-corrected chi connectivity index (χ3v) is 3.34. The molecule has 1 rings (SSSR count). The van der Waals surface area contributed by atoms with E-state index in [0.29, 0.717) is 23.8 Å². The van der Waals surface area contributed by atoms with Crippen LogP contribution in [0.1, 0.15) is 32.3 Å². The number of hydrogen-bond donors (Lipinski definition) is 2. The van der Waals surface area contributed by atoms with Crippen LogP contribution < -0.4 is 10.6 Å². The Morgan fingerprint density at radius 2 is 1.94 bits per heavy atom. The predicted octanol–water partition coefficient (Wildman–Crippen LogP) is 2.70. The number of halogens is 1. The van der Waals surface area contributed by atoms with Gasteiger partial charge in [-0.05, 0) is 37.5 Å². The van der Waals surface area contributed by atoms with Crippen molar-refractivity contribution in [2.24, 2.45) is 0 Å². The molecule has 1 aromatic carbocycles. The highest BCUT2D eigenvalue weighted by Gasteiger charge is 2.18. The van der Waals surface area contributed by atoms with E-state index < -0.39 is 0 Å². The summed E-state index contributed by atoms with van der Waals surface area (Å²) in [5.74, 6) is -0.287. The molecule has 0 aliphatic carbocycles. The zero-order chi connectivity index (χ0) is 13.7. The molecule has 0 radical (unpaired) electrons. The molecule has 0 aliphatic heterocycles. The summed E-state index contributed by atoms with van der Waals surface area (Å²) in [7, 11) is 0. The van der Waals surface area contributed by atoms with Crippen LogP contribution in [0.4, 0.5) is 15.8 Å². The first-order chi connectivity index (χ1) is 8.54. The highest BCUT2D eigenvalue weighted by atomic mass is 19.1. The Morgan fingerprint density at radius 3 is 2.44 bits per heavy atom. The molecule has 0 aromatic heterocycles. The molecule has 0 unspecified atom stereocenters. The number of benzene rings is 1. The number of rotatable bonds is 6. The van der Waals surface area contributed by atoms with Gasteiger partial charge in [-0.25, -0.2) is 4.39 Å². The van der Waals surface area contributed by atoms with E-state index in [1.807, 2.05) is 0 Å². The Balaban J connectivity index is 3.16. The molecule has 3 N–H and O–H groups in total. The van der Waals surface area contributed by atoms with E-state index in [1.54, 1.807) is 13.0 Å². The molecule has 0 atom stereocenters.